The molecule has 0 atom stereocenters. The van der Waals surface area contributed by atoms with Crippen LogP contribution in [0, 0.1) is 0 Å². The van der Waals surface area contributed by atoms with Crippen LogP contribution < -0.4 is 15.8 Å². The van der Waals surface area contributed by atoms with Crippen LogP contribution in [0.2, 0.25) is 10.0 Å². The lowest BCUT2D eigenvalue weighted by Crippen LogP contribution is -2.14. The Balaban J connectivity index is 2.27. The molecule has 0 spiro atoms. The van der Waals surface area contributed by atoms with E-state index in [1.807, 2.05) is 0 Å². The van der Waals surface area contributed by atoms with E-state index in [1.54, 1.807) is 12.1 Å². The number of nitrogens with two attached hydrogens (primary N) is 1. The van der Waals surface area contributed by atoms with Crippen LogP contribution in [0.1, 0.15) is 20.7 Å². The SMILES string of the molecule is COc1c(Cl)cc(Cl)cc1C(=O)Nc1ccc(C(N)=O)cc1. The summed E-state index contributed by atoms with van der Waals surface area (Å²) >= 11 is 11.9. The van der Waals surface area contributed by atoms with E-state index in [9.17, 15) is 9.59 Å². The van der Waals surface area contributed by atoms with Crippen LogP contribution in [-0.4, -0.2) is 18.9 Å². The Labute approximate surface area is 137 Å². The maximum Gasteiger partial charge on any atom is 0.259 e. The lowest BCUT2D eigenvalue weighted by atomic mass is 10.1. The van der Waals surface area contributed by atoms with Gasteiger partial charge >= 0.3 is 0 Å². The van der Waals surface area contributed by atoms with Gasteiger partial charge < -0.3 is 15.8 Å². The second-order valence-electron chi connectivity index (χ2n) is 4.36. The highest BCUT2D eigenvalue weighted by molar-refractivity contribution is 6.36. The number of ether oxygens (including phenoxy) is 1. The van der Waals surface area contributed by atoms with Crippen molar-refractivity contribution in [3.63, 3.8) is 0 Å². The predicted molar refractivity (Wildman–Crippen MR) is 85.9 cm³/mol. The smallest absolute Gasteiger partial charge is 0.259 e. The van der Waals surface area contributed by atoms with Crippen molar-refractivity contribution in [3.05, 3.63) is 57.6 Å². The fourth-order valence-corrected chi connectivity index (χ4v) is 2.42. The zero-order chi connectivity index (χ0) is 16.3. The van der Waals surface area contributed by atoms with Gasteiger partial charge in [0.05, 0.1) is 17.7 Å². The highest BCUT2D eigenvalue weighted by Crippen LogP contribution is 2.32. The predicted octanol–water partition coefficient (Wildman–Crippen LogP) is 3.35. The Hall–Kier alpha value is -2.24. The number of halogens is 2. The van der Waals surface area contributed by atoms with E-state index in [0.717, 1.165) is 0 Å². The molecule has 114 valence electrons. The molecule has 2 aromatic carbocycles. The van der Waals surface area contributed by atoms with Crippen LogP contribution in [0.5, 0.6) is 5.75 Å². The van der Waals surface area contributed by atoms with Gasteiger partial charge in [0.25, 0.3) is 5.91 Å². The molecule has 7 heteroatoms. The topological polar surface area (TPSA) is 81.4 Å². The Morgan fingerprint density at radius 1 is 1.14 bits per heavy atom. The van der Waals surface area contributed by atoms with Crippen LogP contribution >= 0.6 is 23.2 Å². The van der Waals surface area contributed by atoms with E-state index < -0.39 is 11.8 Å². The second kappa shape index (κ2) is 6.68. The quantitative estimate of drug-likeness (QED) is 0.896. The zero-order valence-corrected chi connectivity index (χ0v) is 13.0. The van der Waals surface area contributed by atoms with Crippen molar-refractivity contribution in [2.45, 2.75) is 0 Å². The van der Waals surface area contributed by atoms with Gasteiger partial charge in [0.15, 0.2) is 0 Å². The molecule has 3 N–H and O–H groups in total. The summed E-state index contributed by atoms with van der Waals surface area (Å²) in [5.74, 6) is -0.744. The number of primary amides is 1. The summed E-state index contributed by atoms with van der Waals surface area (Å²) in [7, 11) is 1.41. The van der Waals surface area contributed by atoms with E-state index in [1.165, 1.54) is 31.4 Å². The van der Waals surface area contributed by atoms with Gasteiger partial charge in [-0.25, -0.2) is 0 Å². The van der Waals surface area contributed by atoms with E-state index in [-0.39, 0.29) is 16.3 Å². The standard InChI is InChI=1S/C15H12Cl2N2O3/c1-22-13-11(6-9(16)7-12(13)17)15(21)19-10-4-2-8(3-5-10)14(18)20/h2-7H,1H3,(H2,18,20)(H,19,21). The molecular formula is C15H12Cl2N2O3. The van der Waals surface area contributed by atoms with E-state index in [0.29, 0.717) is 16.3 Å². The van der Waals surface area contributed by atoms with Crippen LogP contribution in [0.15, 0.2) is 36.4 Å². The number of hydrogen-bond donors (Lipinski definition) is 2. The van der Waals surface area contributed by atoms with Crippen LogP contribution in [0.3, 0.4) is 0 Å². The van der Waals surface area contributed by atoms with Gasteiger partial charge in [-0.2, -0.15) is 0 Å². The van der Waals surface area contributed by atoms with Crippen molar-refractivity contribution in [2.24, 2.45) is 5.73 Å². The lowest BCUT2D eigenvalue weighted by Gasteiger charge is -2.11. The molecule has 0 saturated carbocycles. The molecule has 0 aliphatic heterocycles. The maximum atomic E-state index is 12.3. The fourth-order valence-electron chi connectivity index (χ4n) is 1.85. The average Bonchev–Trinajstić information content (AvgIpc) is 2.47. The summed E-state index contributed by atoms with van der Waals surface area (Å²) in [6.07, 6.45) is 0. The summed E-state index contributed by atoms with van der Waals surface area (Å²) in [4.78, 5) is 23.3. The first-order chi connectivity index (χ1) is 10.4. The van der Waals surface area contributed by atoms with E-state index in [4.69, 9.17) is 33.7 Å². The summed E-state index contributed by atoms with van der Waals surface area (Å²) in [6, 6.07) is 9.10. The molecule has 2 rings (SSSR count). The average molecular weight is 339 g/mol. The zero-order valence-electron chi connectivity index (χ0n) is 11.5. The third-order valence-electron chi connectivity index (χ3n) is 2.88. The molecule has 5 nitrogen and oxygen atoms in total. The number of nitrogens with one attached hydrogen (secondary N) is 1. The molecule has 0 aliphatic rings. The Morgan fingerprint density at radius 3 is 2.32 bits per heavy atom. The minimum absolute atomic E-state index is 0.207. The Morgan fingerprint density at radius 2 is 1.77 bits per heavy atom. The molecule has 0 fully saturated rings. The minimum atomic E-state index is -0.541. The molecule has 0 saturated heterocycles. The summed E-state index contributed by atoms with van der Waals surface area (Å²) in [5, 5.41) is 3.22. The molecule has 2 aromatic rings. The monoisotopic (exact) mass is 338 g/mol. The van der Waals surface area contributed by atoms with Crippen LogP contribution in [0.25, 0.3) is 0 Å². The van der Waals surface area contributed by atoms with Gasteiger partial charge in [-0.3, -0.25) is 9.59 Å². The molecule has 0 heterocycles. The van der Waals surface area contributed by atoms with Crippen molar-refractivity contribution >= 4 is 40.7 Å². The molecule has 0 unspecified atom stereocenters. The van der Waals surface area contributed by atoms with E-state index in [2.05, 4.69) is 5.32 Å². The molecule has 0 aromatic heterocycles. The van der Waals surface area contributed by atoms with Crippen molar-refractivity contribution in [1.82, 2.24) is 0 Å². The van der Waals surface area contributed by atoms with Gasteiger partial charge in [0.1, 0.15) is 5.75 Å². The van der Waals surface area contributed by atoms with Gasteiger partial charge in [-0.05, 0) is 36.4 Å². The normalized spacial score (nSPS) is 10.1. The summed E-state index contributed by atoms with van der Waals surface area (Å²) < 4.78 is 5.13. The Kier molecular flexibility index (Phi) is 4.90. The van der Waals surface area contributed by atoms with Crippen molar-refractivity contribution in [3.8, 4) is 5.75 Å². The summed E-state index contributed by atoms with van der Waals surface area (Å²) in [5.41, 5.74) is 6.20. The lowest BCUT2D eigenvalue weighted by molar-refractivity contribution is 0.0998. The van der Waals surface area contributed by atoms with Crippen LogP contribution in [-0.2, 0) is 0 Å². The number of hydrogen-bond acceptors (Lipinski definition) is 3. The van der Waals surface area contributed by atoms with Gasteiger partial charge in [0.2, 0.25) is 5.91 Å². The van der Waals surface area contributed by atoms with Gasteiger partial charge in [0, 0.05) is 16.3 Å². The number of rotatable bonds is 4. The Bertz CT molecular complexity index is 730. The number of methoxy groups -OCH3 is 1. The van der Waals surface area contributed by atoms with Crippen molar-refractivity contribution in [2.75, 3.05) is 12.4 Å². The molecular weight excluding hydrogens is 327 g/mol. The highest BCUT2D eigenvalue weighted by atomic mass is 35.5. The molecule has 2 amide bonds. The first-order valence-corrected chi connectivity index (χ1v) is 6.92. The number of carbonyl (C=O) groups is 2. The summed E-state index contributed by atoms with van der Waals surface area (Å²) in [6.45, 7) is 0. The van der Waals surface area contributed by atoms with Gasteiger partial charge in [-0.15, -0.1) is 0 Å². The third kappa shape index (κ3) is 3.50. The van der Waals surface area contributed by atoms with E-state index >= 15 is 0 Å². The van der Waals surface area contributed by atoms with Crippen molar-refractivity contribution < 1.29 is 14.3 Å². The third-order valence-corrected chi connectivity index (χ3v) is 3.38. The number of benzene rings is 2. The van der Waals surface area contributed by atoms with Gasteiger partial charge in [-0.1, -0.05) is 23.2 Å². The number of carbonyl (C=O) groups excluding carboxylic acids is 2. The van der Waals surface area contributed by atoms with Crippen molar-refractivity contribution in [1.29, 1.82) is 0 Å². The largest absolute Gasteiger partial charge is 0.494 e. The van der Waals surface area contributed by atoms with Crippen LogP contribution in [0.4, 0.5) is 5.69 Å². The molecule has 0 aliphatic carbocycles. The fraction of sp³-hybridized carbons (Fsp3) is 0.0667. The number of anilines is 1. The minimum Gasteiger partial charge on any atom is -0.494 e. The first kappa shape index (κ1) is 16.1. The number of amides is 2. The first-order valence-electron chi connectivity index (χ1n) is 6.16. The highest BCUT2D eigenvalue weighted by Gasteiger charge is 2.17. The molecule has 0 radical (unpaired) electrons. The molecule has 22 heavy (non-hydrogen) atoms. The second-order valence-corrected chi connectivity index (χ2v) is 5.21. The molecule has 0 bridgehead atoms. The maximum absolute atomic E-state index is 12.3.